The molecule has 1 aliphatic rings. The van der Waals surface area contributed by atoms with Gasteiger partial charge in [-0.1, -0.05) is 6.08 Å². The SMILES string of the molecule is CC(=O)/C=C/C(C)N1CCC1. The third kappa shape index (κ3) is 2.46. The van der Waals surface area contributed by atoms with E-state index in [1.807, 2.05) is 6.08 Å². The lowest BCUT2D eigenvalue weighted by atomic mass is 10.1. The minimum absolute atomic E-state index is 0.136. The predicted octanol–water partition coefficient (Wildman–Crippen LogP) is 1.23. The van der Waals surface area contributed by atoms with Gasteiger partial charge in [0.2, 0.25) is 0 Å². The molecule has 0 spiro atoms. The van der Waals surface area contributed by atoms with Crippen molar-refractivity contribution in [1.82, 2.24) is 4.90 Å². The highest BCUT2D eigenvalue weighted by atomic mass is 16.1. The molecule has 1 unspecified atom stereocenters. The van der Waals surface area contributed by atoms with E-state index in [1.54, 1.807) is 13.0 Å². The smallest absolute Gasteiger partial charge is 0.152 e. The van der Waals surface area contributed by atoms with E-state index >= 15 is 0 Å². The van der Waals surface area contributed by atoms with Crippen LogP contribution in [0.1, 0.15) is 20.3 Å². The van der Waals surface area contributed by atoms with Gasteiger partial charge in [-0.05, 0) is 39.4 Å². The van der Waals surface area contributed by atoms with Crippen molar-refractivity contribution in [3.05, 3.63) is 12.2 Å². The normalized spacial score (nSPS) is 21.6. The van der Waals surface area contributed by atoms with E-state index < -0.39 is 0 Å². The highest BCUT2D eigenvalue weighted by Crippen LogP contribution is 2.11. The molecule has 1 heterocycles. The summed E-state index contributed by atoms with van der Waals surface area (Å²) < 4.78 is 0. The number of hydrogen-bond acceptors (Lipinski definition) is 2. The van der Waals surface area contributed by atoms with Gasteiger partial charge in [-0.25, -0.2) is 0 Å². The van der Waals surface area contributed by atoms with Crippen molar-refractivity contribution in [3.63, 3.8) is 0 Å². The third-order valence-electron chi connectivity index (χ3n) is 2.08. The van der Waals surface area contributed by atoms with Crippen molar-refractivity contribution >= 4 is 5.78 Å². The molecule has 2 nitrogen and oxygen atoms in total. The summed E-state index contributed by atoms with van der Waals surface area (Å²) in [4.78, 5) is 12.9. The van der Waals surface area contributed by atoms with E-state index in [2.05, 4.69) is 11.8 Å². The summed E-state index contributed by atoms with van der Waals surface area (Å²) in [6, 6.07) is 0.438. The van der Waals surface area contributed by atoms with Crippen molar-refractivity contribution in [2.75, 3.05) is 13.1 Å². The molecule has 1 atom stereocenters. The molecule has 0 aliphatic carbocycles. The van der Waals surface area contributed by atoms with Crippen LogP contribution in [-0.2, 0) is 4.79 Å². The molecular weight excluding hydrogens is 138 g/mol. The molecular formula is C9H15NO. The summed E-state index contributed by atoms with van der Waals surface area (Å²) in [7, 11) is 0. The first-order chi connectivity index (χ1) is 5.20. The van der Waals surface area contributed by atoms with E-state index in [-0.39, 0.29) is 5.78 Å². The molecule has 0 amide bonds. The Morgan fingerprint density at radius 2 is 2.18 bits per heavy atom. The van der Waals surface area contributed by atoms with Crippen LogP contribution in [0.5, 0.6) is 0 Å². The molecule has 1 rings (SSSR count). The molecule has 0 aromatic carbocycles. The Morgan fingerprint density at radius 1 is 1.55 bits per heavy atom. The van der Waals surface area contributed by atoms with Gasteiger partial charge in [0.1, 0.15) is 0 Å². The van der Waals surface area contributed by atoms with E-state index in [1.165, 1.54) is 19.5 Å². The van der Waals surface area contributed by atoms with Crippen LogP contribution in [0.2, 0.25) is 0 Å². The van der Waals surface area contributed by atoms with Gasteiger partial charge in [0.25, 0.3) is 0 Å². The summed E-state index contributed by atoms with van der Waals surface area (Å²) >= 11 is 0. The Balaban J connectivity index is 2.29. The lowest BCUT2D eigenvalue weighted by Crippen LogP contribution is -2.42. The van der Waals surface area contributed by atoms with Crippen molar-refractivity contribution in [3.8, 4) is 0 Å². The molecule has 0 bridgehead atoms. The fraction of sp³-hybridized carbons (Fsp3) is 0.667. The summed E-state index contributed by atoms with van der Waals surface area (Å²) in [5, 5.41) is 0. The number of nitrogens with zero attached hydrogens (tertiary/aromatic N) is 1. The van der Waals surface area contributed by atoms with Crippen LogP contribution >= 0.6 is 0 Å². The number of ketones is 1. The predicted molar refractivity (Wildman–Crippen MR) is 45.5 cm³/mol. The second kappa shape index (κ2) is 3.67. The Hall–Kier alpha value is -0.630. The average molecular weight is 153 g/mol. The number of hydrogen-bond donors (Lipinski definition) is 0. The van der Waals surface area contributed by atoms with Crippen LogP contribution in [0.15, 0.2) is 12.2 Å². The molecule has 1 saturated heterocycles. The van der Waals surface area contributed by atoms with Crippen LogP contribution in [-0.4, -0.2) is 29.8 Å². The summed E-state index contributed by atoms with van der Waals surface area (Å²) in [6.07, 6.45) is 4.93. The molecule has 0 radical (unpaired) electrons. The Kier molecular flexibility index (Phi) is 2.83. The third-order valence-corrected chi connectivity index (χ3v) is 2.08. The Labute approximate surface area is 67.9 Å². The maximum atomic E-state index is 10.6. The van der Waals surface area contributed by atoms with Gasteiger partial charge in [-0.2, -0.15) is 0 Å². The van der Waals surface area contributed by atoms with E-state index in [0.717, 1.165) is 0 Å². The Bertz CT molecular complexity index is 170. The van der Waals surface area contributed by atoms with Crippen LogP contribution in [0, 0.1) is 0 Å². The summed E-state index contributed by atoms with van der Waals surface area (Å²) in [6.45, 7) is 6.07. The van der Waals surface area contributed by atoms with Crippen molar-refractivity contribution in [2.45, 2.75) is 26.3 Å². The number of carbonyl (C=O) groups excluding carboxylic acids is 1. The zero-order valence-electron chi connectivity index (χ0n) is 7.21. The fourth-order valence-electron chi connectivity index (χ4n) is 1.14. The van der Waals surface area contributed by atoms with Crippen molar-refractivity contribution in [2.24, 2.45) is 0 Å². The van der Waals surface area contributed by atoms with Gasteiger partial charge in [-0.3, -0.25) is 9.69 Å². The van der Waals surface area contributed by atoms with Gasteiger partial charge in [0, 0.05) is 6.04 Å². The number of carbonyl (C=O) groups is 1. The van der Waals surface area contributed by atoms with E-state index in [4.69, 9.17) is 0 Å². The minimum Gasteiger partial charge on any atom is -0.297 e. The zero-order chi connectivity index (χ0) is 8.27. The monoisotopic (exact) mass is 153 g/mol. The molecule has 11 heavy (non-hydrogen) atoms. The highest BCUT2D eigenvalue weighted by Gasteiger charge is 2.17. The van der Waals surface area contributed by atoms with Crippen molar-refractivity contribution in [1.29, 1.82) is 0 Å². The van der Waals surface area contributed by atoms with E-state index in [9.17, 15) is 4.79 Å². The topological polar surface area (TPSA) is 20.3 Å². The molecule has 1 fully saturated rings. The lowest BCUT2D eigenvalue weighted by molar-refractivity contribution is -0.112. The number of likely N-dealkylation sites (tertiary alicyclic amines) is 1. The first-order valence-electron chi connectivity index (χ1n) is 4.13. The van der Waals surface area contributed by atoms with Crippen LogP contribution in [0.4, 0.5) is 0 Å². The highest BCUT2D eigenvalue weighted by molar-refractivity contribution is 5.87. The summed E-state index contributed by atoms with van der Waals surface area (Å²) in [5.41, 5.74) is 0. The molecule has 1 aliphatic heterocycles. The van der Waals surface area contributed by atoms with Gasteiger partial charge in [0.05, 0.1) is 0 Å². The second-order valence-electron chi connectivity index (χ2n) is 3.10. The molecule has 0 N–H and O–H groups in total. The van der Waals surface area contributed by atoms with Crippen LogP contribution in [0.25, 0.3) is 0 Å². The lowest BCUT2D eigenvalue weighted by Gasteiger charge is -2.34. The Morgan fingerprint density at radius 3 is 2.55 bits per heavy atom. The average Bonchev–Trinajstić information content (AvgIpc) is 1.79. The van der Waals surface area contributed by atoms with Gasteiger partial charge < -0.3 is 0 Å². The first-order valence-corrected chi connectivity index (χ1v) is 4.13. The van der Waals surface area contributed by atoms with E-state index in [0.29, 0.717) is 6.04 Å². The standard InChI is InChI=1S/C9H15NO/c1-8(4-5-9(2)11)10-6-3-7-10/h4-5,8H,3,6-7H2,1-2H3/b5-4+. The number of rotatable bonds is 3. The van der Waals surface area contributed by atoms with Crippen LogP contribution < -0.4 is 0 Å². The number of allylic oxidation sites excluding steroid dienone is 1. The van der Waals surface area contributed by atoms with Crippen LogP contribution in [0.3, 0.4) is 0 Å². The summed E-state index contributed by atoms with van der Waals surface area (Å²) in [5.74, 6) is 0.136. The maximum Gasteiger partial charge on any atom is 0.152 e. The second-order valence-corrected chi connectivity index (χ2v) is 3.10. The fourth-order valence-corrected chi connectivity index (χ4v) is 1.14. The minimum atomic E-state index is 0.136. The maximum absolute atomic E-state index is 10.6. The molecule has 0 saturated carbocycles. The zero-order valence-corrected chi connectivity index (χ0v) is 7.21. The molecule has 62 valence electrons. The van der Waals surface area contributed by atoms with Crippen molar-refractivity contribution < 1.29 is 4.79 Å². The molecule has 2 heteroatoms. The molecule has 0 aromatic heterocycles. The quantitative estimate of drug-likeness (QED) is 0.568. The van der Waals surface area contributed by atoms with Gasteiger partial charge in [0.15, 0.2) is 5.78 Å². The van der Waals surface area contributed by atoms with Gasteiger partial charge >= 0.3 is 0 Å². The largest absolute Gasteiger partial charge is 0.297 e. The van der Waals surface area contributed by atoms with Gasteiger partial charge in [-0.15, -0.1) is 0 Å². The first kappa shape index (κ1) is 8.47. The molecule has 0 aromatic rings.